The number of nitrogens with one attached hydrogen (secondary N) is 2. The molecule has 2 aromatic rings. The summed E-state index contributed by atoms with van der Waals surface area (Å²) in [5, 5.41) is 2.44. The number of carbonyl (C=O) groups excluding carboxylic acids is 1. The van der Waals surface area contributed by atoms with Crippen LogP contribution in [0.3, 0.4) is 0 Å². The van der Waals surface area contributed by atoms with Crippen molar-refractivity contribution in [1.82, 2.24) is 0 Å². The zero-order valence-corrected chi connectivity index (χ0v) is 16.7. The molecule has 0 fully saturated rings. The fourth-order valence-electron chi connectivity index (χ4n) is 2.23. The smallest absolute Gasteiger partial charge is 0.313 e. The van der Waals surface area contributed by atoms with E-state index in [2.05, 4.69) is 30.8 Å². The number of carbonyl (C=O) groups is 1. The minimum absolute atomic E-state index is 0.0623. The molecule has 1 atom stereocenters. The van der Waals surface area contributed by atoms with E-state index in [1.807, 2.05) is 24.3 Å². The lowest BCUT2D eigenvalue weighted by Gasteiger charge is -2.19. The SMILES string of the molecule is CC(C)[S+](=O)(O)Nc1ccc(C(=O)Nc2ccc(C(C)(C)C)cc2)cc1. The van der Waals surface area contributed by atoms with Gasteiger partial charge < -0.3 is 5.32 Å². The zero-order valence-electron chi connectivity index (χ0n) is 15.9. The highest BCUT2D eigenvalue weighted by molar-refractivity contribution is 7.99. The summed E-state index contributed by atoms with van der Waals surface area (Å²) in [4.78, 5) is 12.4. The molecule has 1 amide bonds. The molecule has 0 spiro atoms. The molecule has 0 saturated carbocycles. The fraction of sp³-hybridized carbons (Fsp3) is 0.350. The molecule has 140 valence electrons. The summed E-state index contributed by atoms with van der Waals surface area (Å²) in [5.74, 6) is -0.228. The maximum Gasteiger partial charge on any atom is 0.313 e. The van der Waals surface area contributed by atoms with Crippen LogP contribution in [0.2, 0.25) is 0 Å². The van der Waals surface area contributed by atoms with Crippen molar-refractivity contribution in [2.24, 2.45) is 0 Å². The summed E-state index contributed by atoms with van der Waals surface area (Å²) in [5.41, 5.74) is 2.96. The average Bonchev–Trinajstić information content (AvgIpc) is 2.54. The highest BCUT2D eigenvalue weighted by atomic mass is 32.3. The van der Waals surface area contributed by atoms with E-state index in [9.17, 15) is 13.6 Å². The first-order valence-electron chi connectivity index (χ1n) is 8.54. The predicted octanol–water partition coefficient (Wildman–Crippen LogP) is 4.94. The fourth-order valence-corrected chi connectivity index (χ4v) is 2.94. The van der Waals surface area contributed by atoms with E-state index in [4.69, 9.17) is 0 Å². The van der Waals surface area contributed by atoms with Gasteiger partial charge in [-0.2, -0.15) is 9.27 Å². The first kappa shape index (κ1) is 20.1. The largest absolute Gasteiger partial charge is 0.322 e. The molecule has 0 radical (unpaired) electrons. The highest BCUT2D eigenvalue weighted by Gasteiger charge is 2.30. The predicted molar refractivity (Wildman–Crippen MR) is 109 cm³/mol. The molecular formula is C20H27N2O3S+. The number of amides is 1. The van der Waals surface area contributed by atoms with E-state index in [0.717, 1.165) is 5.69 Å². The van der Waals surface area contributed by atoms with E-state index in [-0.39, 0.29) is 11.3 Å². The molecule has 2 aromatic carbocycles. The third-order valence-corrected chi connectivity index (χ3v) is 5.87. The van der Waals surface area contributed by atoms with E-state index in [1.54, 1.807) is 38.1 Å². The van der Waals surface area contributed by atoms with Gasteiger partial charge in [-0.15, -0.1) is 0 Å². The number of anilines is 2. The summed E-state index contributed by atoms with van der Waals surface area (Å²) in [6, 6.07) is 14.3. The first-order valence-corrected chi connectivity index (χ1v) is 10.1. The van der Waals surface area contributed by atoms with Gasteiger partial charge in [0.1, 0.15) is 0 Å². The maximum absolute atomic E-state index is 12.4. The third kappa shape index (κ3) is 5.16. The van der Waals surface area contributed by atoms with Crippen molar-refractivity contribution in [3.8, 4) is 0 Å². The molecule has 26 heavy (non-hydrogen) atoms. The Bertz CT molecular complexity index is 806. The summed E-state index contributed by atoms with van der Waals surface area (Å²) in [7, 11) is -3.15. The molecule has 3 N–H and O–H groups in total. The number of rotatable bonds is 5. The quantitative estimate of drug-likeness (QED) is 0.647. The van der Waals surface area contributed by atoms with E-state index in [0.29, 0.717) is 11.3 Å². The monoisotopic (exact) mass is 375 g/mol. The van der Waals surface area contributed by atoms with Crippen LogP contribution in [0.1, 0.15) is 50.5 Å². The van der Waals surface area contributed by atoms with Crippen LogP contribution in [0, 0.1) is 0 Å². The second-order valence-corrected chi connectivity index (χ2v) is 9.86. The summed E-state index contributed by atoms with van der Waals surface area (Å²) in [6.07, 6.45) is 0. The minimum Gasteiger partial charge on any atom is -0.322 e. The van der Waals surface area contributed by atoms with Crippen molar-refractivity contribution in [1.29, 1.82) is 0 Å². The Labute approximate surface area is 156 Å². The average molecular weight is 376 g/mol. The Morgan fingerprint density at radius 2 is 1.46 bits per heavy atom. The van der Waals surface area contributed by atoms with Crippen LogP contribution in [0.4, 0.5) is 11.4 Å². The second-order valence-electron chi connectivity index (χ2n) is 7.58. The molecular weight excluding hydrogens is 348 g/mol. The standard InChI is InChI=1S/C20H26N2O3S/c1-14(2)26(24,25)22-18-10-6-15(7-11-18)19(23)21-17-12-8-16(9-13-17)20(3,4)5/h6-14H,1-5H3,(H2-,21,22,23,24,25)/p+1. The number of hydrogen-bond acceptors (Lipinski definition) is 2. The third-order valence-electron chi connectivity index (χ3n) is 4.06. The van der Waals surface area contributed by atoms with Gasteiger partial charge in [0, 0.05) is 11.3 Å². The molecule has 0 aliphatic rings. The van der Waals surface area contributed by atoms with Crippen LogP contribution in [-0.4, -0.2) is 15.7 Å². The van der Waals surface area contributed by atoms with Gasteiger partial charge in [-0.3, -0.25) is 4.79 Å². The van der Waals surface area contributed by atoms with Crippen LogP contribution in [-0.2, 0) is 20.0 Å². The molecule has 1 unspecified atom stereocenters. The summed E-state index contributed by atoms with van der Waals surface area (Å²) in [6.45, 7) is 9.75. The molecule has 0 heterocycles. The van der Waals surface area contributed by atoms with Crippen LogP contribution in [0.5, 0.6) is 0 Å². The number of hydrogen-bond donors (Lipinski definition) is 3. The topological polar surface area (TPSA) is 78.4 Å². The van der Waals surface area contributed by atoms with Gasteiger partial charge in [0.05, 0.1) is 5.69 Å². The maximum atomic E-state index is 12.4. The molecule has 6 heteroatoms. The second kappa shape index (κ2) is 7.60. The molecule has 0 aliphatic heterocycles. The van der Waals surface area contributed by atoms with Gasteiger partial charge in [-0.25, -0.2) is 0 Å². The van der Waals surface area contributed by atoms with Crippen LogP contribution in [0.25, 0.3) is 0 Å². The molecule has 0 aromatic heterocycles. The molecule has 2 rings (SSSR count). The molecule has 0 aliphatic carbocycles. The highest BCUT2D eigenvalue weighted by Crippen LogP contribution is 2.24. The van der Waals surface area contributed by atoms with E-state index in [1.165, 1.54) is 5.56 Å². The Morgan fingerprint density at radius 1 is 0.962 bits per heavy atom. The van der Waals surface area contributed by atoms with Crippen molar-refractivity contribution < 1.29 is 13.6 Å². The van der Waals surface area contributed by atoms with Crippen molar-refractivity contribution in [3.05, 3.63) is 59.7 Å². The van der Waals surface area contributed by atoms with Gasteiger partial charge in [0.15, 0.2) is 5.25 Å². The van der Waals surface area contributed by atoms with Crippen LogP contribution < -0.4 is 10.0 Å². The normalized spacial score (nSPS) is 14.0. The Morgan fingerprint density at radius 3 is 1.92 bits per heavy atom. The zero-order chi connectivity index (χ0) is 19.5. The Balaban J connectivity index is 2.05. The first-order chi connectivity index (χ1) is 12.0. The minimum atomic E-state index is -3.15. The van der Waals surface area contributed by atoms with Gasteiger partial charge in [-0.1, -0.05) is 32.9 Å². The van der Waals surface area contributed by atoms with Gasteiger partial charge in [0.25, 0.3) is 5.91 Å². The van der Waals surface area contributed by atoms with Crippen LogP contribution in [0.15, 0.2) is 48.5 Å². The summed E-state index contributed by atoms with van der Waals surface area (Å²) < 4.78 is 24.4. The van der Waals surface area contributed by atoms with E-state index < -0.39 is 15.6 Å². The van der Waals surface area contributed by atoms with Crippen molar-refractivity contribution >= 4 is 27.7 Å². The van der Waals surface area contributed by atoms with Crippen molar-refractivity contribution in [2.75, 3.05) is 10.0 Å². The Hall–Kier alpha value is -2.18. The van der Waals surface area contributed by atoms with Gasteiger partial charge in [-0.05, 0) is 65.4 Å². The van der Waals surface area contributed by atoms with Crippen molar-refractivity contribution in [3.63, 3.8) is 0 Å². The molecule has 5 nitrogen and oxygen atoms in total. The Kier molecular flexibility index (Phi) is 5.88. The number of benzene rings is 2. The lowest BCUT2D eigenvalue weighted by molar-refractivity contribution is 0.102. The molecule has 0 bridgehead atoms. The van der Waals surface area contributed by atoms with Gasteiger partial charge in [0.2, 0.25) is 0 Å². The van der Waals surface area contributed by atoms with E-state index >= 15 is 0 Å². The van der Waals surface area contributed by atoms with Gasteiger partial charge >= 0.3 is 10.4 Å². The molecule has 0 saturated heterocycles. The van der Waals surface area contributed by atoms with Crippen molar-refractivity contribution in [2.45, 2.75) is 45.3 Å². The van der Waals surface area contributed by atoms with Crippen LogP contribution >= 0.6 is 0 Å². The summed E-state index contributed by atoms with van der Waals surface area (Å²) >= 11 is 0. The lowest BCUT2D eigenvalue weighted by Crippen LogP contribution is -2.29. The lowest BCUT2D eigenvalue weighted by atomic mass is 9.87.